The molecule has 0 saturated heterocycles. The van der Waals surface area contributed by atoms with Gasteiger partial charge in [0.25, 0.3) is 5.19 Å². The largest absolute Gasteiger partial charge is 0.497 e. The molecule has 0 aliphatic heterocycles. The summed E-state index contributed by atoms with van der Waals surface area (Å²) < 4.78 is 27.1. The van der Waals surface area contributed by atoms with E-state index in [0.29, 0.717) is 39.6 Å². The first kappa shape index (κ1) is 27.0. The van der Waals surface area contributed by atoms with Gasteiger partial charge in [-0.1, -0.05) is 35.6 Å². The van der Waals surface area contributed by atoms with E-state index < -0.39 is 11.9 Å². The molecule has 0 saturated carbocycles. The van der Waals surface area contributed by atoms with Crippen molar-refractivity contribution in [2.24, 2.45) is 0 Å². The molecule has 0 amide bonds. The molecule has 0 aliphatic rings. The van der Waals surface area contributed by atoms with Gasteiger partial charge in [-0.3, -0.25) is 9.69 Å². The first-order chi connectivity index (χ1) is 17.5. The van der Waals surface area contributed by atoms with Crippen LogP contribution in [-0.4, -0.2) is 55.8 Å². The van der Waals surface area contributed by atoms with Crippen LogP contribution in [0.4, 0.5) is 0 Å². The Balaban J connectivity index is 1.92. The lowest BCUT2D eigenvalue weighted by Crippen LogP contribution is -2.31. The van der Waals surface area contributed by atoms with E-state index in [1.807, 2.05) is 35.2 Å². The van der Waals surface area contributed by atoms with E-state index in [9.17, 15) is 9.59 Å². The fourth-order valence-corrected chi connectivity index (χ4v) is 4.26. The summed E-state index contributed by atoms with van der Waals surface area (Å²) in [6.07, 6.45) is 0. The van der Waals surface area contributed by atoms with Crippen molar-refractivity contribution in [3.63, 3.8) is 0 Å². The number of ether oxygens (including phenoxy) is 5. The number of para-hydroxylation sites is 1. The highest BCUT2D eigenvalue weighted by Gasteiger charge is 2.24. The van der Waals surface area contributed by atoms with Gasteiger partial charge in [0.1, 0.15) is 22.1 Å². The number of nitrogens with zero attached hydrogens (tertiary/aromatic N) is 2. The van der Waals surface area contributed by atoms with Crippen molar-refractivity contribution in [3.05, 3.63) is 64.7 Å². The molecule has 36 heavy (non-hydrogen) atoms. The molecule has 0 atom stereocenters. The van der Waals surface area contributed by atoms with E-state index >= 15 is 0 Å². The minimum atomic E-state index is -0.494. The van der Waals surface area contributed by atoms with E-state index in [4.69, 9.17) is 23.7 Å². The van der Waals surface area contributed by atoms with E-state index in [0.717, 1.165) is 16.9 Å². The molecule has 3 rings (SSSR count). The van der Waals surface area contributed by atoms with Gasteiger partial charge in [0.15, 0.2) is 0 Å². The second-order valence-electron chi connectivity index (χ2n) is 7.52. The van der Waals surface area contributed by atoms with Crippen molar-refractivity contribution in [3.8, 4) is 22.4 Å². The van der Waals surface area contributed by atoms with Crippen molar-refractivity contribution in [2.75, 3.05) is 34.0 Å². The van der Waals surface area contributed by atoms with Crippen molar-refractivity contribution in [1.29, 1.82) is 0 Å². The zero-order valence-corrected chi connectivity index (χ0v) is 21.6. The lowest BCUT2D eigenvalue weighted by molar-refractivity contribution is -0.144. The van der Waals surface area contributed by atoms with Gasteiger partial charge in [-0.15, -0.1) is 0 Å². The minimum Gasteiger partial charge on any atom is -0.497 e. The highest BCUT2D eigenvalue weighted by molar-refractivity contribution is 7.15. The van der Waals surface area contributed by atoms with Crippen LogP contribution in [0.5, 0.6) is 22.4 Å². The maximum atomic E-state index is 12.7. The number of rotatable bonds is 13. The molecule has 0 bridgehead atoms. The molecule has 0 aliphatic carbocycles. The van der Waals surface area contributed by atoms with Crippen LogP contribution in [0, 0.1) is 0 Å². The van der Waals surface area contributed by atoms with Gasteiger partial charge in [0.05, 0.1) is 39.7 Å². The fourth-order valence-electron chi connectivity index (χ4n) is 3.42. The van der Waals surface area contributed by atoms with Crippen molar-refractivity contribution in [1.82, 2.24) is 9.88 Å². The number of esters is 2. The maximum absolute atomic E-state index is 12.7. The lowest BCUT2D eigenvalue weighted by Gasteiger charge is -2.22. The predicted molar refractivity (Wildman–Crippen MR) is 135 cm³/mol. The van der Waals surface area contributed by atoms with Crippen LogP contribution in [0.3, 0.4) is 0 Å². The third kappa shape index (κ3) is 7.43. The molecule has 2 aromatic carbocycles. The number of carbonyl (C=O) groups excluding carboxylic acids is 2. The zero-order valence-electron chi connectivity index (χ0n) is 20.8. The Morgan fingerprint density at radius 1 is 0.917 bits per heavy atom. The molecule has 0 fully saturated rings. The smallest absolute Gasteiger partial charge is 0.350 e. The maximum Gasteiger partial charge on any atom is 0.350 e. The molecule has 1 heterocycles. The molecule has 1 aromatic heterocycles. The first-order valence-electron chi connectivity index (χ1n) is 11.5. The molecule has 0 unspecified atom stereocenters. The highest BCUT2D eigenvalue weighted by atomic mass is 32.1. The van der Waals surface area contributed by atoms with Crippen molar-refractivity contribution in [2.45, 2.75) is 26.9 Å². The van der Waals surface area contributed by atoms with E-state index in [-0.39, 0.29) is 26.3 Å². The number of hydrogen-bond acceptors (Lipinski definition) is 10. The topological polar surface area (TPSA) is 96.4 Å². The average Bonchev–Trinajstić information content (AvgIpc) is 3.27. The van der Waals surface area contributed by atoms with Crippen LogP contribution in [-0.2, 0) is 27.4 Å². The van der Waals surface area contributed by atoms with Crippen LogP contribution < -0.4 is 14.2 Å². The Bertz CT molecular complexity index is 1150. The van der Waals surface area contributed by atoms with E-state index in [2.05, 4.69) is 4.98 Å². The summed E-state index contributed by atoms with van der Waals surface area (Å²) in [5.74, 6) is 0.976. The summed E-state index contributed by atoms with van der Waals surface area (Å²) in [6.45, 7) is 4.47. The quantitative estimate of drug-likeness (QED) is 0.301. The molecule has 0 radical (unpaired) electrons. The van der Waals surface area contributed by atoms with Gasteiger partial charge in [-0.05, 0) is 32.0 Å². The molecule has 192 valence electrons. The standard InChI is InChI=1S/C26H30N2O7S/c1-5-33-23(29)17-28(15-18-12-13-20(31-3)14-22(18)32-4)16-21-24(25(30)34-6-2)36-26(27-21)35-19-10-8-7-9-11-19/h7-14H,5-6,15-17H2,1-4H3. The Labute approximate surface area is 214 Å². The number of hydrogen-bond donors (Lipinski definition) is 0. The Morgan fingerprint density at radius 2 is 1.67 bits per heavy atom. The Kier molecular flexibility index (Phi) is 10.1. The molecule has 0 spiro atoms. The summed E-state index contributed by atoms with van der Waals surface area (Å²) in [6, 6.07) is 14.6. The molecule has 3 aromatic rings. The number of carbonyl (C=O) groups is 2. The summed E-state index contributed by atoms with van der Waals surface area (Å²) in [5.41, 5.74) is 1.28. The van der Waals surface area contributed by atoms with Gasteiger partial charge in [0, 0.05) is 24.7 Å². The summed E-state index contributed by atoms with van der Waals surface area (Å²) >= 11 is 1.10. The van der Waals surface area contributed by atoms with Gasteiger partial charge >= 0.3 is 11.9 Å². The van der Waals surface area contributed by atoms with Gasteiger partial charge < -0.3 is 23.7 Å². The van der Waals surface area contributed by atoms with Gasteiger partial charge in [-0.25, -0.2) is 9.78 Å². The van der Waals surface area contributed by atoms with Crippen molar-refractivity contribution >= 4 is 23.3 Å². The number of methoxy groups -OCH3 is 2. The van der Waals surface area contributed by atoms with Crippen LogP contribution in [0.2, 0.25) is 0 Å². The fraction of sp³-hybridized carbons (Fsp3) is 0.346. The Hall–Kier alpha value is -3.63. The van der Waals surface area contributed by atoms with Crippen LogP contribution >= 0.6 is 11.3 Å². The predicted octanol–water partition coefficient (Wildman–Crippen LogP) is 4.69. The third-order valence-corrected chi connectivity index (χ3v) is 5.96. The van der Waals surface area contributed by atoms with E-state index in [1.54, 1.807) is 46.3 Å². The Morgan fingerprint density at radius 3 is 2.33 bits per heavy atom. The average molecular weight is 515 g/mol. The third-order valence-electron chi connectivity index (χ3n) is 5.01. The van der Waals surface area contributed by atoms with Gasteiger partial charge in [-0.2, -0.15) is 0 Å². The number of benzene rings is 2. The number of aromatic nitrogens is 1. The van der Waals surface area contributed by atoms with Crippen LogP contribution in [0.25, 0.3) is 0 Å². The first-order valence-corrected chi connectivity index (χ1v) is 12.3. The molecular weight excluding hydrogens is 484 g/mol. The second kappa shape index (κ2) is 13.5. The molecule has 9 nitrogen and oxygen atoms in total. The summed E-state index contributed by atoms with van der Waals surface area (Å²) in [5, 5.41) is 0.303. The van der Waals surface area contributed by atoms with Crippen LogP contribution in [0.1, 0.15) is 34.8 Å². The SMILES string of the molecule is CCOC(=O)CN(Cc1ccc(OC)cc1OC)Cc1nc(Oc2ccccc2)sc1C(=O)OCC. The summed E-state index contributed by atoms with van der Waals surface area (Å²) in [4.78, 5) is 31.8. The normalized spacial score (nSPS) is 10.7. The second-order valence-corrected chi connectivity index (χ2v) is 8.48. The lowest BCUT2D eigenvalue weighted by atomic mass is 10.1. The molecular formula is C26H30N2O7S. The monoisotopic (exact) mass is 514 g/mol. The van der Waals surface area contributed by atoms with Gasteiger partial charge in [0.2, 0.25) is 0 Å². The highest BCUT2D eigenvalue weighted by Crippen LogP contribution is 2.32. The number of thiazole rings is 1. The zero-order chi connectivity index (χ0) is 25.9. The minimum absolute atomic E-state index is 0.0162. The summed E-state index contributed by atoms with van der Waals surface area (Å²) in [7, 11) is 3.15. The van der Waals surface area contributed by atoms with Crippen molar-refractivity contribution < 1.29 is 33.3 Å². The van der Waals surface area contributed by atoms with E-state index in [1.165, 1.54) is 0 Å². The molecule has 10 heteroatoms. The molecule has 0 N–H and O–H groups in total. The van der Waals surface area contributed by atoms with Crippen LogP contribution in [0.15, 0.2) is 48.5 Å².